The first-order valence-corrected chi connectivity index (χ1v) is 6.65. The second-order valence-corrected chi connectivity index (χ2v) is 5.91. The second-order valence-electron chi connectivity index (χ2n) is 5.11. The van der Waals surface area contributed by atoms with Crippen molar-refractivity contribution in [2.45, 2.75) is 24.3 Å². The van der Waals surface area contributed by atoms with E-state index in [1.54, 1.807) is 12.1 Å². The fourth-order valence-electron chi connectivity index (χ4n) is 3.34. The molecule has 0 bridgehead atoms. The summed E-state index contributed by atoms with van der Waals surface area (Å²) in [6.07, 6.45) is 2.90. The Bertz CT molecular complexity index is 700. The third kappa shape index (κ3) is 1.15. The molecule has 1 unspecified atom stereocenters. The normalized spacial score (nSPS) is 28.0. The van der Waals surface area contributed by atoms with Gasteiger partial charge in [-0.1, -0.05) is 17.7 Å². The summed E-state index contributed by atoms with van der Waals surface area (Å²) in [6, 6.07) is 4.90. The summed E-state index contributed by atoms with van der Waals surface area (Å²) < 4.78 is 16.9. The Morgan fingerprint density at radius 3 is 3.06 bits per heavy atom. The van der Waals surface area contributed by atoms with Gasteiger partial charge in [-0.25, -0.2) is 4.39 Å². The summed E-state index contributed by atoms with van der Waals surface area (Å²) >= 11 is 11.4. The number of aromatic amines is 1. The average Bonchev–Trinajstić information content (AvgIpc) is 2.77. The Morgan fingerprint density at radius 2 is 2.33 bits per heavy atom. The van der Waals surface area contributed by atoms with E-state index < -0.39 is 0 Å². The number of imidazole rings is 1. The lowest BCUT2D eigenvalue weighted by Crippen LogP contribution is -2.15. The van der Waals surface area contributed by atoms with Crippen LogP contribution in [0.5, 0.6) is 0 Å². The van der Waals surface area contributed by atoms with Crippen LogP contribution < -0.4 is 0 Å². The minimum atomic E-state index is -0.203. The predicted molar refractivity (Wildman–Crippen MR) is 70.1 cm³/mol. The summed E-state index contributed by atoms with van der Waals surface area (Å²) in [4.78, 5) is 3.05. The minimum Gasteiger partial charge on any atom is -0.337 e. The van der Waals surface area contributed by atoms with Gasteiger partial charge in [-0.05, 0) is 30.8 Å². The Balaban J connectivity index is 1.89. The lowest BCUT2D eigenvalue weighted by Gasteiger charge is -2.15. The molecule has 2 aliphatic rings. The number of nitrogens with one attached hydrogen (secondary N) is 1. The minimum absolute atomic E-state index is 0.166. The highest BCUT2D eigenvalue weighted by Gasteiger charge is 2.63. The standard InChI is InChI=1S/C13H10ClFN2S/c14-8-2-1-3-9(15)11(8)13-4-7(13)10-5-16-12(18)17(10)6-13/h1-3,5,7H,4,6H2,(H,16,18)/t7?,13-/m0/s1. The molecule has 1 aromatic carbocycles. The Labute approximate surface area is 113 Å². The van der Waals surface area contributed by atoms with E-state index >= 15 is 0 Å². The zero-order chi connectivity index (χ0) is 12.5. The molecule has 1 aliphatic carbocycles. The van der Waals surface area contributed by atoms with Crippen LogP contribution in [0.4, 0.5) is 4.39 Å². The van der Waals surface area contributed by atoms with E-state index in [-0.39, 0.29) is 11.2 Å². The molecule has 0 radical (unpaired) electrons. The van der Waals surface area contributed by atoms with E-state index in [9.17, 15) is 4.39 Å². The number of halogens is 2. The molecular weight excluding hydrogens is 271 g/mol. The van der Waals surface area contributed by atoms with Crippen molar-refractivity contribution < 1.29 is 4.39 Å². The number of nitrogens with zero attached hydrogens (tertiary/aromatic N) is 1. The van der Waals surface area contributed by atoms with E-state index in [0.29, 0.717) is 21.3 Å². The number of hydrogen-bond donors (Lipinski definition) is 1. The van der Waals surface area contributed by atoms with Crippen LogP contribution in [0.25, 0.3) is 0 Å². The largest absolute Gasteiger partial charge is 0.337 e. The van der Waals surface area contributed by atoms with Crippen molar-refractivity contribution in [2.24, 2.45) is 0 Å². The van der Waals surface area contributed by atoms with Crippen molar-refractivity contribution in [2.75, 3.05) is 0 Å². The van der Waals surface area contributed by atoms with Crippen molar-refractivity contribution in [3.63, 3.8) is 0 Å². The van der Waals surface area contributed by atoms with Crippen LogP contribution in [0.15, 0.2) is 24.4 Å². The van der Waals surface area contributed by atoms with Gasteiger partial charge in [0.25, 0.3) is 0 Å². The molecule has 2 nitrogen and oxygen atoms in total. The van der Waals surface area contributed by atoms with Gasteiger partial charge < -0.3 is 9.55 Å². The van der Waals surface area contributed by atoms with Crippen LogP contribution in [0.2, 0.25) is 5.02 Å². The summed E-state index contributed by atoms with van der Waals surface area (Å²) in [5, 5.41) is 0.526. The van der Waals surface area contributed by atoms with Crippen LogP contribution in [0.1, 0.15) is 23.6 Å². The smallest absolute Gasteiger partial charge is 0.177 e. The number of aromatic nitrogens is 2. The van der Waals surface area contributed by atoms with Crippen molar-refractivity contribution >= 4 is 23.8 Å². The van der Waals surface area contributed by atoms with Gasteiger partial charge in [-0.3, -0.25) is 0 Å². The monoisotopic (exact) mass is 280 g/mol. The molecule has 18 heavy (non-hydrogen) atoms. The van der Waals surface area contributed by atoms with Gasteiger partial charge in [0.15, 0.2) is 4.77 Å². The Morgan fingerprint density at radius 1 is 1.50 bits per heavy atom. The first-order valence-electron chi connectivity index (χ1n) is 5.86. The van der Waals surface area contributed by atoms with Crippen LogP contribution in [0, 0.1) is 10.6 Å². The molecule has 0 amide bonds. The molecule has 1 fully saturated rings. The van der Waals surface area contributed by atoms with E-state index in [4.69, 9.17) is 23.8 Å². The fraction of sp³-hybridized carbons (Fsp3) is 0.308. The SMILES string of the molecule is Fc1cccc(Cl)c1[C@]12CC1c1c[nH]c(=S)n1C2. The molecule has 0 spiro atoms. The maximum atomic E-state index is 14.1. The molecule has 1 N–H and O–H groups in total. The van der Waals surface area contributed by atoms with Gasteiger partial charge >= 0.3 is 0 Å². The van der Waals surface area contributed by atoms with Gasteiger partial charge in [0.05, 0.1) is 0 Å². The van der Waals surface area contributed by atoms with Gasteiger partial charge in [-0.15, -0.1) is 0 Å². The van der Waals surface area contributed by atoms with Crippen LogP contribution in [-0.4, -0.2) is 9.55 Å². The van der Waals surface area contributed by atoms with Crippen LogP contribution in [0.3, 0.4) is 0 Å². The molecule has 2 atom stereocenters. The lowest BCUT2D eigenvalue weighted by molar-refractivity contribution is 0.530. The summed E-state index contributed by atoms with van der Waals surface area (Å²) in [6.45, 7) is 0.732. The molecule has 92 valence electrons. The summed E-state index contributed by atoms with van der Waals surface area (Å²) in [5.41, 5.74) is 1.68. The van der Waals surface area contributed by atoms with Crippen molar-refractivity contribution in [3.8, 4) is 0 Å². The number of fused-ring (bicyclic) bond motifs is 3. The van der Waals surface area contributed by atoms with Crippen molar-refractivity contribution in [1.82, 2.24) is 9.55 Å². The van der Waals surface area contributed by atoms with Gasteiger partial charge in [0.2, 0.25) is 0 Å². The zero-order valence-corrected chi connectivity index (χ0v) is 11.0. The van der Waals surface area contributed by atoms with Crippen molar-refractivity contribution in [1.29, 1.82) is 0 Å². The number of H-pyrrole nitrogens is 1. The molecule has 2 heterocycles. The van der Waals surface area contributed by atoms with Crippen molar-refractivity contribution in [3.05, 3.63) is 51.3 Å². The fourth-order valence-corrected chi connectivity index (χ4v) is 3.92. The molecule has 1 aliphatic heterocycles. The third-order valence-corrected chi connectivity index (χ3v) is 4.89. The maximum Gasteiger partial charge on any atom is 0.177 e. The summed E-state index contributed by atoms with van der Waals surface area (Å²) in [5.74, 6) is 0.144. The molecule has 0 saturated heterocycles. The number of rotatable bonds is 1. The topological polar surface area (TPSA) is 20.7 Å². The highest BCUT2D eigenvalue weighted by atomic mass is 35.5. The highest BCUT2D eigenvalue weighted by Crippen LogP contribution is 2.66. The molecule has 1 saturated carbocycles. The van der Waals surface area contributed by atoms with Gasteiger partial charge in [0.1, 0.15) is 5.82 Å². The average molecular weight is 281 g/mol. The molecular formula is C13H10ClFN2S. The predicted octanol–water partition coefficient (Wildman–Crippen LogP) is 3.78. The van der Waals surface area contributed by atoms with E-state index in [0.717, 1.165) is 13.0 Å². The number of benzene rings is 1. The first-order chi connectivity index (χ1) is 8.63. The van der Waals surface area contributed by atoms with E-state index in [1.165, 1.54) is 11.8 Å². The van der Waals surface area contributed by atoms with Crippen LogP contribution >= 0.6 is 23.8 Å². The van der Waals surface area contributed by atoms with E-state index in [1.807, 2.05) is 6.20 Å². The highest BCUT2D eigenvalue weighted by molar-refractivity contribution is 7.71. The summed E-state index contributed by atoms with van der Waals surface area (Å²) in [7, 11) is 0. The molecule has 1 aromatic heterocycles. The first kappa shape index (κ1) is 10.8. The third-order valence-electron chi connectivity index (χ3n) is 4.23. The molecule has 5 heteroatoms. The zero-order valence-electron chi connectivity index (χ0n) is 9.41. The number of hydrogen-bond acceptors (Lipinski definition) is 1. The second kappa shape index (κ2) is 3.25. The quantitative estimate of drug-likeness (QED) is 0.789. The molecule has 4 rings (SSSR count). The Kier molecular flexibility index (Phi) is 1.94. The van der Waals surface area contributed by atoms with Gasteiger partial charge in [-0.2, -0.15) is 0 Å². The maximum absolute atomic E-state index is 14.1. The molecule has 2 aromatic rings. The lowest BCUT2D eigenvalue weighted by atomic mass is 9.94. The van der Waals surface area contributed by atoms with E-state index in [2.05, 4.69) is 9.55 Å². The Hall–Kier alpha value is -1.13. The van der Waals surface area contributed by atoms with Gasteiger partial charge in [0, 0.05) is 40.4 Å². The van der Waals surface area contributed by atoms with Crippen LogP contribution in [-0.2, 0) is 12.0 Å².